The fourth-order valence-electron chi connectivity index (χ4n) is 4.14. The lowest BCUT2D eigenvalue weighted by Gasteiger charge is -2.28. The van der Waals surface area contributed by atoms with Crippen LogP contribution in [0.3, 0.4) is 0 Å². The number of ether oxygens (including phenoxy) is 1. The molecule has 2 aliphatic rings. The fourth-order valence-corrected chi connectivity index (χ4v) is 5.18. The molecular weight excluding hydrogens is 408 g/mol. The van der Waals surface area contributed by atoms with Crippen LogP contribution in [-0.2, 0) is 30.7 Å². The van der Waals surface area contributed by atoms with Gasteiger partial charge in [0.2, 0.25) is 0 Å². The van der Waals surface area contributed by atoms with E-state index in [1.165, 1.54) is 10.6 Å². The predicted molar refractivity (Wildman–Crippen MR) is 116 cm³/mol. The first-order valence-electron chi connectivity index (χ1n) is 10.4. The van der Waals surface area contributed by atoms with Gasteiger partial charge in [-0.2, -0.15) is 5.10 Å². The van der Waals surface area contributed by atoms with E-state index in [-0.39, 0.29) is 5.91 Å². The van der Waals surface area contributed by atoms with Crippen molar-refractivity contribution in [1.29, 1.82) is 0 Å². The molecule has 1 aliphatic heterocycles. The molecule has 1 aliphatic carbocycles. The summed E-state index contributed by atoms with van der Waals surface area (Å²) in [5.41, 5.74) is 3.02. The Morgan fingerprint density at radius 3 is 2.86 bits per heavy atom. The number of morpholine rings is 1. The Balaban J connectivity index is 1.53. The van der Waals surface area contributed by atoms with Gasteiger partial charge in [-0.25, -0.2) is 0 Å². The Bertz CT molecular complexity index is 857. The van der Waals surface area contributed by atoms with Crippen LogP contribution < -0.4 is 5.32 Å². The molecule has 0 radical (unpaired) electrons. The molecule has 1 amide bonds. The monoisotopic (exact) mass is 436 g/mol. The lowest BCUT2D eigenvalue weighted by Crippen LogP contribution is -2.41. The third-order valence-corrected chi connectivity index (χ3v) is 6.81. The Morgan fingerprint density at radius 1 is 1.38 bits per heavy atom. The standard InChI is InChI=1S/C21H29ClN4O2S/c1-14(2)13-26-18-5-3-15(23-12-16-4-6-19(22)29-16)11-17(18)20(24-26)21(27)25-7-9-28-10-8-25/h4,6,14-15,23H,3,5,7-13H2,1-2H3. The lowest BCUT2D eigenvalue weighted by molar-refractivity contribution is 0.0297. The quantitative estimate of drug-likeness (QED) is 0.754. The summed E-state index contributed by atoms with van der Waals surface area (Å²) in [4.78, 5) is 16.3. The molecule has 8 heteroatoms. The Kier molecular flexibility index (Phi) is 6.59. The third-order valence-electron chi connectivity index (χ3n) is 5.58. The number of hydrogen-bond donors (Lipinski definition) is 1. The average Bonchev–Trinajstić information content (AvgIpc) is 3.29. The van der Waals surface area contributed by atoms with Gasteiger partial charge in [-0.3, -0.25) is 9.48 Å². The predicted octanol–water partition coefficient (Wildman–Crippen LogP) is 3.37. The van der Waals surface area contributed by atoms with Gasteiger partial charge in [0.25, 0.3) is 5.91 Å². The first-order valence-corrected chi connectivity index (χ1v) is 11.6. The highest BCUT2D eigenvalue weighted by atomic mass is 35.5. The number of carbonyl (C=O) groups excluding carboxylic acids is 1. The van der Waals surface area contributed by atoms with Crippen LogP contribution in [0, 0.1) is 5.92 Å². The van der Waals surface area contributed by atoms with Gasteiger partial charge in [0, 0.05) is 48.4 Å². The molecule has 29 heavy (non-hydrogen) atoms. The first kappa shape index (κ1) is 20.8. The topological polar surface area (TPSA) is 59.4 Å². The molecule has 6 nitrogen and oxygen atoms in total. The second-order valence-electron chi connectivity index (χ2n) is 8.28. The number of thiophene rings is 1. The zero-order chi connectivity index (χ0) is 20.4. The van der Waals surface area contributed by atoms with E-state index in [9.17, 15) is 4.79 Å². The molecule has 158 valence electrons. The number of nitrogens with one attached hydrogen (secondary N) is 1. The van der Waals surface area contributed by atoms with E-state index in [2.05, 4.69) is 29.9 Å². The number of amides is 1. The summed E-state index contributed by atoms with van der Waals surface area (Å²) < 4.78 is 8.32. The molecule has 1 atom stereocenters. The van der Waals surface area contributed by atoms with Crippen molar-refractivity contribution in [2.45, 2.75) is 52.2 Å². The maximum atomic E-state index is 13.2. The van der Waals surface area contributed by atoms with Crippen molar-refractivity contribution >= 4 is 28.8 Å². The second kappa shape index (κ2) is 9.16. The molecule has 3 heterocycles. The van der Waals surface area contributed by atoms with Crippen molar-refractivity contribution in [1.82, 2.24) is 20.0 Å². The third kappa shape index (κ3) is 4.85. The van der Waals surface area contributed by atoms with E-state index >= 15 is 0 Å². The van der Waals surface area contributed by atoms with E-state index in [1.807, 2.05) is 11.0 Å². The van der Waals surface area contributed by atoms with E-state index in [0.717, 1.165) is 42.3 Å². The number of carbonyl (C=O) groups is 1. The highest BCUT2D eigenvalue weighted by Crippen LogP contribution is 2.28. The molecule has 0 saturated carbocycles. The molecule has 1 fully saturated rings. The van der Waals surface area contributed by atoms with E-state index in [4.69, 9.17) is 21.4 Å². The lowest BCUT2D eigenvalue weighted by atomic mass is 9.91. The van der Waals surface area contributed by atoms with Crippen LogP contribution in [0.2, 0.25) is 4.34 Å². The van der Waals surface area contributed by atoms with E-state index in [0.29, 0.717) is 44.0 Å². The van der Waals surface area contributed by atoms with Crippen LogP contribution in [0.25, 0.3) is 0 Å². The van der Waals surface area contributed by atoms with Crippen LogP contribution in [-0.4, -0.2) is 52.9 Å². The largest absolute Gasteiger partial charge is 0.378 e. The average molecular weight is 437 g/mol. The van der Waals surface area contributed by atoms with Crippen LogP contribution >= 0.6 is 22.9 Å². The van der Waals surface area contributed by atoms with Crippen molar-refractivity contribution in [2.24, 2.45) is 5.92 Å². The molecule has 0 spiro atoms. The van der Waals surface area contributed by atoms with Gasteiger partial charge in [0.1, 0.15) is 0 Å². The summed E-state index contributed by atoms with van der Waals surface area (Å²) in [7, 11) is 0. The summed E-state index contributed by atoms with van der Waals surface area (Å²) >= 11 is 7.66. The van der Waals surface area contributed by atoms with Crippen LogP contribution in [0.1, 0.15) is 46.9 Å². The number of rotatable bonds is 6. The van der Waals surface area contributed by atoms with Crippen molar-refractivity contribution in [3.8, 4) is 0 Å². The zero-order valence-corrected chi connectivity index (χ0v) is 18.7. The normalized spacial score (nSPS) is 19.6. The number of aromatic nitrogens is 2. The SMILES string of the molecule is CC(C)Cn1nc(C(=O)N2CCOCC2)c2c1CCC(NCc1ccc(Cl)s1)C2. The number of hydrogen-bond acceptors (Lipinski definition) is 5. The van der Waals surface area contributed by atoms with Crippen LogP contribution in [0.5, 0.6) is 0 Å². The minimum Gasteiger partial charge on any atom is -0.378 e. The zero-order valence-electron chi connectivity index (χ0n) is 17.1. The van der Waals surface area contributed by atoms with Crippen molar-refractivity contribution in [2.75, 3.05) is 26.3 Å². The first-order chi connectivity index (χ1) is 14.0. The van der Waals surface area contributed by atoms with Crippen molar-refractivity contribution < 1.29 is 9.53 Å². The summed E-state index contributed by atoms with van der Waals surface area (Å²) in [6.07, 6.45) is 2.85. The summed E-state index contributed by atoms with van der Waals surface area (Å²) in [6.45, 7) is 8.54. The maximum absolute atomic E-state index is 13.2. The molecular formula is C21H29ClN4O2S. The molecule has 2 aromatic rings. The number of halogens is 1. The van der Waals surface area contributed by atoms with Gasteiger partial charge in [0.05, 0.1) is 17.6 Å². The van der Waals surface area contributed by atoms with Gasteiger partial charge in [0.15, 0.2) is 5.69 Å². The highest BCUT2D eigenvalue weighted by Gasteiger charge is 2.31. The summed E-state index contributed by atoms with van der Waals surface area (Å²) in [5.74, 6) is 0.544. The van der Waals surface area contributed by atoms with Crippen molar-refractivity contribution in [3.05, 3.63) is 38.3 Å². The number of fused-ring (bicyclic) bond motifs is 1. The smallest absolute Gasteiger partial charge is 0.274 e. The molecule has 2 aromatic heterocycles. The summed E-state index contributed by atoms with van der Waals surface area (Å²) in [5, 5.41) is 8.46. The Hall–Kier alpha value is -1.41. The molecule has 0 aromatic carbocycles. The van der Waals surface area contributed by atoms with E-state index in [1.54, 1.807) is 11.3 Å². The number of nitrogens with zero attached hydrogens (tertiary/aromatic N) is 3. The maximum Gasteiger partial charge on any atom is 0.274 e. The van der Waals surface area contributed by atoms with Gasteiger partial charge in [-0.05, 0) is 37.3 Å². The van der Waals surface area contributed by atoms with Gasteiger partial charge in [-0.1, -0.05) is 25.4 Å². The Morgan fingerprint density at radius 2 is 2.17 bits per heavy atom. The van der Waals surface area contributed by atoms with Crippen LogP contribution in [0.4, 0.5) is 0 Å². The minimum atomic E-state index is 0.0535. The molecule has 0 bridgehead atoms. The van der Waals surface area contributed by atoms with E-state index < -0.39 is 0 Å². The minimum absolute atomic E-state index is 0.0535. The summed E-state index contributed by atoms with van der Waals surface area (Å²) in [6, 6.07) is 4.36. The van der Waals surface area contributed by atoms with Gasteiger partial charge >= 0.3 is 0 Å². The van der Waals surface area contributed by atoms with Gasteiger partial charge in [-0.15, -0.1) is 11.3 Å². The van der Waals surface area contributed by atoms with Crippen molar-refractivity contribution in [3.63, 3.8) is 0 Å². The molecule has 1 N–H and O–H groups in total. The fraction of sp³-hybridized carbons (Fsp3) is 0.619. The molecule has 4 rings (SSSR count). The van der Waals surface area contributed by atoms with Gasteiger partial charge < -0.3 is 15.0 Å². The molecule has 1 saturated heterocycles. The Labute approximate surface area is 181 Å². The van der Waals surface area contributed by atoms with Crippen LogP contribution in [0.15, 0.2) is 12.1 Å². The molecule has 1 unspecified atom stereocenters. The second-order valence-corrected chi connectivity index (χ2v) is 10.1. The highest BCUT2D eigenvalue weighted by molar-refractivity contribution is 7.16.